The van der Waals surface area contributed by atoms with Crippen molar-refractivity contribution in [1.82, 2.24) is 0 Å². The van der Waals surface area contributed by atoms with E-state index in [1.54, 1.807) is 30.3 Å². The van der Waals surface area contributed by atoms with Gasteiger partial charge >= 0.3 is 0 Å². The molecule has 0 radical (unpaired) electrons. The van der Waals surface area contributed by atoms with E-state index >= 15 is 0 Å². The minimum Gasteiger partial charge on any atom is -0.322 e. The molecule has 0 saturated carbocycles. The van der Waals surface area contributed by atoms with Gasteiger partial charge in [0.1, 0.15) is 0 Å². The molecule has 2 N–H and O–H groups in total. The van der Waals surface area contributed by atoms with Gasteiger partial charge in [0.25, 0.3) is 15.9 Å². The van der Waals surface area contributed by atoms with Crippen molar-refractivity contribution in [2.45, 2.75) is 25.3 Å². The van der Waals surface area contributed by atoms with Gasteiger partial charge in [0.2, 0.25) is 10.0 Å². The molecule has 0 bridgehead atoms. The average Bonchev–Trinajstić information content (AvgIpc) is 2.89. The minimum absolute atomic E-state index is 0.0602. The van der Waals surface area contributed by atoms with E-state index in [0.29, 0.717) is 22.6 Å². The maximum Gasteiger partial charge on any atom is 0.261 e. The maximum absolute atomic E-state index is 12.8. The molecule has 39 heavy (non-hydrogen) atoms. The second kappa shape index (κ2) is 11.3. The summed E-state index contributed by atoms with van der Waals surface area (Å²) in [6.45, 7) is 3.87. The third kappa shape index (κ3) is 7.04. The number of hydrogen-bond donors (Lipinski definition) is 2. The van der Waals surface area contributed by atoms with Crippen LogP contribution in [0.2, 0.25) is 0 Å². The van der Waals surface area contributed by atoms with Gasteiger partial charge in [0.05, 0.1) is 29.1 Å². The molecule has 0 aliphatic heterocycles. The smallest absolute Gasteiger partial charge is 0.261 e. The molecule has 0 saturated heterocycles. The first-order valence-corrected chi connectivity index (χ1v) is 15.4. The van der Waals surface area contributed by atoms with Crippen LogP contribution in [0.3, 0.4) is 0 Å². The maximum atomic E-state index is 12.8. The van der Waals surface area contributed by atoms with Crippen LogP contribution in [0.1, 0.15) is 27.0 Å². The molecule has 4 aromatic rings. The fourth-order valence-electron chi connectivity index (χ4n) is 3.90. The monoisotopic (exact) mass is 563 g/mol. The van der Waals surface area contributed by atoms with E-state index in [1.807, 2.05) is 56.3 Å². The summed E-state index contributed by atoms with van der Waals surface area (Å²) < 4.78 is 54.4. The van der Waals surface area contributed by atoms with Gasteiger partial charge in [-0.2, -0.15) is 0 Å². The molecule has 4 aromatic carbocycles. The first kappa shape index (κ1) is 27.9. The van der Waals surface area contributed by atoms with Crippen molar-refractivity contribution < 1.29 is 21.6 Å². The van der Waals surface area contributed by atoms with Crippen molar-refractivity contribution in [2.24, 2.45) is 0 Å². The van der Waals surface area contributed by atoms with Crippen LogP contribution in [0, 0.1) is 13.8 Å². The fraction of sp³-hybridized carbons (Fsp3) is 0.138. The topological polar surface area (TPSA) is 113 Å². The number of carbonyl (C=O) groups excluding carboxylic acids is 1. The van der Waals surface area contributed by atoms with Gasteiger partial charge in [-0.3, -0.25) is 13.8 Å². The predicted octanol–water partition coefficient (Wildman–Crippen LogP) is 5.32. The van der Waals surface area contributed by atoms with Crippen molar-refractivity contribution in [1.29, 1.82) is 0 Å². The second-order valence-corrected chi connectivity index (χ2v) is 12.8. The normalized spacial score (nSPS) is 11.6. The van der Waals surface area contributed by atoms with Crippen molar-refractivity contribution >= 4 is 43.0 Å². The molecule has 0 fully saturated rings. The number of nitrogens with zero attached hydrogens (tertiary/aromatic N) is 1. The Hall–Kier alpha value is -4.15. The zero-order valence-corrected chi connectivity index (χ0v) is 23.4. The molecule has 0 unspecified atom stereocenters. The third-order valence-corrected chi connectivity index (χ3v) is 8.57. The highest BCUT2D eigenvalue weighted by molar-refractivity contribution is 7.92. The van der Waals surface area contributed by atoms with E-state index in [2.05, 4.69) is 10.0 Å². The van der Waals surface area contributed by atoms with Crippen LogP contribution in [0.15, 0.2) is 102 Å². The summed E-state index contributed by atoms with van der Waals surface area (Å²) in [5.41, 5.74) is 4.25. The Kier molecular flexibility index (Phi) is 8.08. The second-order valence-electron chi connectivity index (χ2n) is 9.20. The van der Waals surface area contributed by atoms with E-state index in [4.69, 9.17) is 0 Å². The number of rotatable bonds is 9. The Morgan fingerprint density at radius 2 is 1.44 bits per heavy atom. The van der Waals surface area contributed by atoms with Crippen molar-refractivity contribution in [3.63, 3.8) is 0 Å². The summed E-state index contributed by atoms with van der Waals surface area (Å²) in [4.78, 5) is 12.9. The fourth-order valence-corrected chi connectivity index (χ4v) is 5.91. The molecule has 0 aliphatic carbocycles. The molecule has 4 rings (SSSR count). The number of aryl methyl sites for hydroxylation is 2. The van der Waals surface area contributed by atoms with Crippen molar-refractivity contribution in [2.75, 3.05) is 20.6 Å². The number of benzene rings is 4. The van der Waals surface area contributed by atoms with Crippen LogP contribution >= 0.6 is 0 Å². The Labute approximate surface area is 229 Å². The van der Waals surface area contributed by atoms with Crippen LogP contribution in [0.5, 0.6) is 0 Å². The predicted molar refractivity (Wildman–Crippen MR) is 155 cm³/mol. The molecule has 0 atom stereocenters. The van der Waals surface area contributed by atoms with Crippen LogP contribution in [0.4, 0.5) is 17.1 Å². The van der Waals surface area contributed by atoms with Crippen molar-refractivity contribution in [3.8, 4) is 0 Å². The first-order valence-electron chi connectivity index (χ1n) is 12.1. The number of amides is 1. The van der Waals surface area contributed by atoms with Crippen LogP contribution in [0.25, 0.3) is 0 Å². The van der Waals surface area contributed by atoms with Gasteiger partial charge in [-0.25, -0.2) is 16.8 Å². The van der Waals surface area contributed by atoms with Gasteiger partial charge in [-0.05, 0) is 85.1 Å². The van der Waals surface area contributed by atoms with E-state index in [1.165, 1.54) is 28.6 Å². The number of nitrogens with one attached hydrogen (secondary N) is 2. The highest BCUT2D eigenvalue weighted by atomic mass is 32.2. The average molecular weight is 564 g/mol. The molecule has 0 spiro atoms. The molecule has 0 aromatic heterocycles. The standard InChI is InChI=1S/C29H29N3O5S2/c1-21-9-10-22(2)28(19-21)31-39(36,37)27-17-13-25(14-18-27)30-29(33)24-11-15-26(16-12-24)32(38(3,34)35)20-23-7-5-4-6-8-23/h4-19,31H,20H2,1-3H3,(H,30,33). The van der Waals surface area contributed by atoms with E-state index in [0.717, 1.165) is 22.9 Å². The van der Waals surface area contributed by atoms with E-state index in [-0.39, 0.29) is 11.4 Å². The largest absolute Gasteiger partial charge is 0.322 e. The Morgan fingerprint density at radius 1 is 0.795 bits per heavy atom. The van der Waals surface area contributed by atoms with Crippen LogP contribution < -0.4 is 14.3 Å². The van der Waals surface area contributed by atoms with Crippen LogP contribution in [-0.4, -0.2) is 29.0 Å². The molecule has 0 heterocycles. The summed E-state index contributed by atoms with van der Waals surface area (Å²) in [6.07, 6.45) is 1.14. The number of anilines is 3. The molecule has 10 heteroatoms. The summed E-state index contributed by atoms with van der Waals surface area (Å²) in [7, 11) is -7.37. The zero-order chi connectivity index (χ0) is 28.2. The minimum atomic E-state index is -3.81. The molecule has 202 valence electrons. The SMILES string of the molecule is Cc1ccc(C)c(NS(=O)(=O)c2ccc(NC(=O)c3ccc(N(Cc4ccccc4)S(C)(=O)=O)cc3)cc2)c1. The van der Waals surface area contributed by atoms with Gasteiger partial charge in [0.15, 0.2) is 0 Å². The van der Waals surface area contributed by atoms with Gasteiger partial charge < -0.3 is 5.32 Å². The first-order chi connectivity index (χ1) is 18.4. The van der Waals surface area contributed by atoms with E-state index < -0.39 is 26.0 Å². The summed E-state index contributed by atoms with van der Waals surface area (Å²) >= 11 is 0. The quantitative estimate of drug-likeness (QED) is 0.286. The lowest BCUT2D eigenvalue weighted by molar-refractivity contribution is 0.102. The Morgan fingerprint density at radius 3 is 2.05 bits per heavy atom. The van der Waals surface area contributed by atoms with Gasteiger partial charge in [-0.1, -0.05) is 42.5 Å². The molecule has 0 aliphatic rings. The Bertz CT molecular complexity index is 1690. The third-order valence-electron chi connectivity index (χ3n) is 6.05. The highest BCUT2D eigenvalue weighted by Crippen LogP contribution is 2.24. The molecular weight excluding hydrogens is 534 g/mol. The molecule has 1 amide bonds. The summed E-state index contributed by atoms with van der Waals surface area (Å²) in [5, 5.41) is 2.74. The number of carbonyl (C=O) groups is 1. The molecule has 8 nitrogen and oxygen atoms in total. The highest BCUT2D eigenvalue weighted by Gasteiger charge is 2.19. The van der Waals surface area contributed by atoms with E-state index in [9.17, 15) is 21.6 Å². The van der Waals surface area contributed by atoms with Crippen LogP contribution in [-0.2, 0) is 26.6 Å². The Balaban J connectivity index is 1.45. The lowest BCUT2D eigenvalue weighted by atomic mass is 10.1. The van der Waals surface area contributed by atoms with Crippen molar-refractivity contribution in [3.05, 3.63) is 119 Å². The summed E-state index contributed by atoms with van der Waals surface area (Å²) in [5.74, 6) is -0.417. The summed E-state index contributed by atoms with van der Waals surface area (Å²) in [6, 6.07) is 26.8. The van der Waals surface area contributed by atoms with Gasteiger partial charge in [0, 0.05) is 11.3 Å². The molecular formula is C29H29N3O5S2. The van der Waals surface area contributed by atoms with Gasteiger partial charge in [-0.15, -0.1) is 0 Å². The number of sulfonamides is 2. The lowest BCUT2D eigenvalue weighted by Gasteiger charge is -2.22. The zero-order valence-electron chi connectivity index (χ0n) is 21.7. The number of hydrogen-bond acceptors (Lipinski definition) is 5. The lowest BCUT2D eigenvalue weighted by Crippen LogP contribution is -2.29.